The van der Waals surface area contributed by atoms with Crippen LogP contribution in [0.1, 0.15) is 5.01 Å². The van der Waals surface area contributed by atoms with E-state index in [1.807, 2.05) is 36.4 Å². The predicted octanol–water partition coefficient (Wildman–Crippen LogP) is 3.28. The summed E-state index contributed by atoms with van der Waals surface area (Å²) in [7, 11) is 0. The molecule has 5 rings (SSSR count). The van der Waals surface area contributed by atoms with E-state index in [1.165, 1.54) is 17.5 Å². The van der Waals surface area contributed by atoms with E-state index in [4.69, 9.17) is 0 Å². The number of fused-ring (bicyclic) bond motifs is 1. The van der Waals surface area contributed by atoms with Crippen molar-refractivity contribution >= 4 is 22.4 Å². The highest BCUT2D eigenvalue weighted by molar-refractivity contribution is 7.15. The zero-order valence-corrected chi connectivity index (χ0v) is 14.5. The highest BCUT2D eigenvalue weighted by atomic mass is 32.1. The Morgan fingerprint density at radius 1 is 1.12 bits per heavy atom. The Morgan fingerprint density at radius 2 is 1.92 bits per heavy atom. The van der Waals surface area contributed by atoms with Gasteiger partial charge in [-0.15, -0.1) is 11.3 Å². The van der Waals surface area contributed by atoms with Gasteiger partial charge in [-0.05, 0) is 11.6 Å². The molecule has 130 valence electrons. The molecule has 0 amide bonds. The van der Waals surface area contributed by atoms with Gasteiger partial charge < -0.3 is 15.4 Å². The number of nitrogens with zero attached hydrogens (tertiary/aromatic N) is 2. The first-order valence-electron chi connectivity index (χ1n) is 8.26. The smallest absolute Gasteiger partial charge is 0.150 e. The van der Waals surface area contributed by atoms with Crippen molar-refractivity contribution in [1.29, 1.82) is 0 Å². The third kappa shape index (κ3) is 2.36. The van der Waals surface area contributed by atoms with Crippen LogP contribution in [0.2, 0.25) is 0 Å². The molecule has 3 N–H and O–H groups in total. The van der Waals surface area contributed by atoms with Crippen LogP contribution in [0.15, 0.2) is 48.8 Å². The van der Waals surface area contributed by atoms with E-state index >= 15 is 0 Å². The number of hydrogen-bond acceptors (Lipinski definition) is 5. The second-order valence-corrected chi connectivity index (χ2v) is 7.49. The van der Waals surface area contributed by atoms with Crippen molar-refractivity contribution in [1.82, 2.24) is 20.3 Å². The van der Waals surface area contributed by atoms with E-state index in [0.29, 0.717) is 39.6 Å². The Morgan fingerprint density at radius 3 is 2.65 bits per heavy atom. The summed E-state index contributed by atoms with van der Waals surface area (Å²) < 4.78 is 14.6. The van der Waals surface area contributed by atoms with Gasteiger partial charge in [-0.3, -0.25) is 0 Å². The highest BCUT2D eigenvalue weighted by Crippen LogP contribution is 2.39. The zero-order valence-electron chi connectivity index (χ0n) is 13.7. The van der Waals surface area contributed by atoms with Crippen LogP contribution >= 0.6 is 11.3 Å². The average molecular weight is 366 g/mol. The molecule has 0 bridgehead atoms. The fourth-order valence-electron chi connectivity index (χ4n) is 3.19. The molecule has 0 unspecified atom stereocenters. The normalized spacial score (nSPS) is 15.9. The van der Waals surface area contributed by atoms with Crippen molar-refractivity contribution in [3.63, 3.8) is 0 Å². The number of aromatic nitrogens is 3. The Balaban J connectivity index is 1.65. The predicted molar refractivity (Wildman–Crippen MR) is 99.4 cm³/mol. The van der Waals surface area contributed by atoms with Crippen LogP contribution < -0.4 is 5.32 Å². The summed E-state index contributed by atoms with van der Waals surface area (Å²) in [5.41, 5.74) is 2.04. The molecular weight excluding hydrogens is 351 g/mol. The number of halogens is 1. The summed E-state index contributed by atoms with van der Waals surface area (Å²) in [4.78, 5) is 12.5. The van der Waals surface area contributed by atoms with Crippen molar-refractivity contribution in [2.75, 3.05) is 13.1 Å². The fourth-order valence-corrected chi connectivity index (χ4v) is 4.25. The molecule has 1 aliphatic rings. The zero-order chi connectivity index (χ0) is 17.7. The van der Waals surface area contributed by atoms with Gasteiger partial charge in [0.2, 0.25) is 0 Å². The number of thiazole rings is 1. The first kappa shape index (κ1) is 15.6. The maximum Gasteiger partial charge on any atom is 0.150 e. The van der Waals surface area contributed by atoms with E-state index in [9.17, 15) is 9.50 Å². The number of aromatic amines is 1. The summed E-state index contributed by atoms with van der Waals surface area (Å²) in [6, 6.07) is 11.8. The van der Waals surface area contributed by atoms with Crippen molar-refractivity contribution in [2.24, 2.45) is 0 Å². The van der Waals surface area contributed by atoms with Gasteiger partial charge in [-0.2, -0.15) is 0 Å². The van der Waals surface area contributed by atoms with Crippen LogP contribution in [0.25, 0.3) is 32.7 Å². The third-order valence-electron chi connectivity index (χ3n) is 4.68. The van der Waals surface area contributed by atoms with Crippen molar-refractivity contribution in [2.45, 2.75) is 5.60 Å². The van der Waals surface area contributed by atoms with Crippen LogP contribution in [-0.2, 0) is 5.60 Å². The average Bonchev–Trinajstić information content (AvgIpc) is 3.28. The fraction of sp³-hybridized carbons (Fsp3) is 0.158. The lowest BCUT2D eigenvalue weighted by Crippen LogP contribution is -2.56. The maximum absolute atomic E-state index is 14.6. The molecule has 0 aliphatic carbocycles. The minimum absolute atomic E-state index is 0.398. The lowest BCUT2D eigenvalue weighted by molar-refractivity contribution is -0.0148. The minimum atomic E-state index is -0.946. The van der Waals surface area contributed by atoms with E-state index in [0.717, 1.165) is 11.3 Å². The van der Waals surface area contributed by atoms with Gasteiger partial charge in [0.05, 0.1) is 11.1 Å². The maximum atomic E-state index is 14.6. The quantitative estimate of drug-likeness (QED) is 0.520. The minimum Gasteiger partial charge on any atom is -0.380 e. The van der Waals surface area contributed by atoms with Crippen LogP contribution in [-0.4, -0.2) is 33.1 Å². The molecule has 26 heavy (non-hydrogen) atoms. The highest BCUT2D eigenvalue weighted by Gasteiger charge is 2.39. The van der Waals surface area contributed by atoms with E-state index < -0.39 is 11.4 Å². The number of hydrogen-bond donors (Lipinski definition) is 3. The summed E-state index contributed by atoms with van der Waals surface area (Å²) >= 11 is 1.32. The molecule has 1 aromatic carbocycles. The van der Waals surface area contributed by atoms with Crippen LogP contribution in [0, 0.1) is 5.82 Å². The molecule has 1 aliphatic heterocycles. The second kappa shape index (κ2) is 5.70. The van der Waals surface area contributed by atoms with Gasteiger partial charge >= 0.3 is 0 Å². The molecule has 7 heteroatoms. The Hall–Kier alpha value is -2.61. The summed E-state index contributed by atoms with van der Waals surface area (Å²) in [6.07, 6.45) is 2.85. The molecule has 3 aromatic heterocycles. The number of aliphatic hydroxyl groups is 1. The molecule has 0 radical (unpaired) electrons. The first-order chi connectivity index (χ1) is 12.6. The van der Waals surface area contributed by atoms with Gasteiger partial charge in [-0.25, -0.2) is 14.4 Å². The van der Waals surface area contributed by atoms with Gasteiger partial charge in [-0.1, -0.05) is 30.3 Å². The lowest BCUT2D eigenvalue weighted by Gasteiger charge is -2.35. The molecule has 0 saturated carbocycles. The van der Waals surface area contributed by atoms with Crippen LogP contribution in [0.5, 0.6) is 0 Å². The van der Waals surface area contributed by atoms with Crippen molar-refractivity contribution in [3.05, 3.63) is 59.6 Å². The van der Waals surface area contributed by atoms with Gasteiger partial charge in [0.15, 0.2) is 5.82 Å². The Labute approximate surface area is 152 Å². The van der Waals surface area contributed by atoms with E-state index in [-0.39, 0.29) is 0 Å². The SMILES string of the molecule is OC1(c2ncc(-c3c(F)cnc4[nH]c(-c5ccccc5)cc34)s2)CNC1. The number of pyridine rings is 1. The van der Waals surface area contributed by atoms with Crippen LogP contribution in [0.4, 0.5) is 4.39 Å². The number of rotatable bonds is 3. The monoisotopic (exact) mass is 366 g/mol. The molecule has 5 nitrogen and oxygen atoms in total. The van der Waals surface area contributed by atoms with Crippen molar-refractivity contribution < 1.29 is 9.50 Å². The first-order valence-corrected chi connectivity index (χ1v) is 9.08. The molecule has 4 aromatic rings. The number of benzene rings is 1. The van der Waals surface area contributed by atoms with Gasteiger partial charge in [0, 0.05) is 35.9 Å². The Kier molecular flexibility index (Phi) is 3.43. The molecule has 0 spiro atoms. The Bertz CT molecular complexity index is 1100. The standard InChI is InChI=1S/C19H15FN4OS/c20-13-7-22-17-12(6-14(24-17)11-4-2-1-3-5-11)16(13)15-8-23-18(26-15)19(25)9-21-10-19/h1-8,21,25H,9-10H2,(H,22,24). The summed E-state index contributed by atoms with van der Waals surface area (Å²) in [6.45, 7) is 0.938. The summed E-state index contributed by atoms with van der Waals surface area (Å²) in [5.74, 6) is -0.398. The second-order valence-electron chi connectivity index (χ2n) is 6.46. The summed E-state index contributed by atoms with van der Waals surface area (Å²) in [5, 5.41) is 14.8. The molecule has 1 saturated heterocycles. The van der Waals surface area contributed by atoms with Crippen molar-refractivity contribution in [3.8, 4) is 21.7 Å². The number of H-pyrrole nitrogens is 1. The molecule has 4 heterocycles. The topological polar surface area (TPSA) is 73.8 Å². The molecule has 1 fully saturated rings. The van der Waals surface area contributed by atoms with Gasteiger partial charge in [0.25, 0.3) is 0 Å². The largest absolute Gasteiger partial charge is 0.380 e. The molecule has 0 atom stereocenters. The third-order valence-corrected chi connectivity index (χ3v) is 5.89. The molecular formula is C19H15FN4OS. The number of nitrogens with one attached hydrogen (secondary N) is 2. The van der Waals surface area contributed by atoms with Crippen LogP contribution in [0.3, 0.4) is 0 Å². The van der Waals surface area contributed by atoms with Gasteiger partial charge in [0.1, 0.15) is 16.3 Å². The van der Waals surface area contributed by atoms with E-state index in [1.54, 1.807) is 6.20 Å². The number of β-amino-alcohol motifs (C(OH)–C–C–N with tert-alkyl or cyclic N) is 1. The lowest BCUT2D eigenvalue weighted by atomic mass is 9.99. The van der Waals surface area contributed by atoms with E-state index in [2.05, 4.69) is 20.3 Å².